The van der Waals surface area contributed by atoms with Crippen LogP contribution in [0.2, 0.25) is 10.0 Å². The Morgan fingerprint density at radius 2 is 1.97 bits per heavy atom. The molecule has 2 aromatic carbocycles. The number of nitrogens with one attached hydrogen (secondary N) is 3. The van der Waals surface area contributed by atoms with Gasteiger partial charge in [-0.05, 0) is 49.2 Å². The number of ether oxygens (including phenoxy) is 3. The van der Waals surface area contributed by atoms with Crippen molar-refractivity contribution in [3.05, 3.63) is 68.8 Å². The molecule has 1 heterocycles. The molecule has 1 aliphatic rings. The summed E-state index contributed by atoms with van der Waals surface area (Å²) in [5, 5.41) is 20.3. The van der Waals surface area contributed by atoms with E-state index >= 15 is 0 Å². The average Bonchev–Trinajstić information content (AvgIpc) is 2.84. The first-order chi connectivity index (χ1) is 17.2. The van der Waals surface area contributed by atoms with Gasteiger partial charge in [0.2, 0.25) is 0 Å². The Bertz CT molecular complexity index is 1190. The van der Waals surface area contributed by atoms with Crippen molar-refractivity contribution in [1.29, 1.82) is 0 Å². The number of urea groups is 1. The molecule has 0 aromatic heterocycles. The van der Waals surface area contributed by atoms with Crippen LogP contribution in [0.15, 0.2) is 52.8 Å². The molecule has 3 rings (SSSR count). The van der Waals surface area contributed by atoms with E-state index in [0.29, 0.717) is 45.0 Å². The number of allylic oxidation sites excluding steroid dienone is 1. The zero-order valence-electron chi connectivity index (χ0n) is 19.8. The second-order valence-corrected chi connectivity index (χ2v) is 8.40. The lowest BCUT2D eigenvalue weighted by Crippen LogP contribution is -2.45. The number of benzene rings is 2. The molecule has 12 heteroatoms. The lowest BCUT2D eigenvalue weighted by molar-refractivity contribution is -0.136. The quantitative estimate of drug-likeness (QED) is 0.158. The van der Waals surface area contributed by atoms with E-state index in [0.717, 1.165) is 0 Å². The maximum atomic E-state index is 12.3. The van der Waals surface area contributed by atoms with E-state index in [1.54, 1.807) is 50.2 Å². The van der Waals surface area contributed by atoms with Gasteiger partial charge in [-0.3, -0.25) is 5.43 Å². The fraction of sp³-hybridized carbons (Fsp3) is 0.292. The molecular formula is C24H26Cl2N4O6. The molecular weight excluding hydrogens is 511 g/mol. The standard InChI is InChI=1S/C24H26Cl2N4O6/c1-4-35-19-10-15(22-21(23(32)34-3)13(2)28-24(33)29-22)6-8-18(19)36-12-20(31)30-27-11-14-5-7-16(25)17(26)9-14/h5-11,20,22,30-31H,4,12H2,1-3H3,(H2,28,29,33)/b27-11-/t20-,22-/m0/s1. The van der Waals surface area contributed by atoms with Crippen LogP contribution in [0, 0.1) is 0 Å². The van der Waals surface area contributed by atoms with Crippen molar-refractivity contribution in [1.82, 2.24) is 16.1 Å². The van der Waals surface area contributed by atoms with Gasteiger partial charge in [-0.1, -0.05) is 35.3 Å². The highest BCUT2D eigenvalue weighted by atomic mass is 35.5. The number of esters is 1. The van der Waals surface area contributed by atoms with E-state index < -0.39 is 24.3 Å². The monoisotopic (exact) mass is 536 g/mol. The Kier molecular flexibility index (Phi) is 9.40. The van der Waals surface area contributed by atoms with Crippen LogP contribution in [0.4, 0.5) is 4.79 Å². The summed E-state index contributed by atoms with van der Waals surface area (Å²) in [5.41, 5.74) is 4.50. The molecule has 0 bridgehead atoms. The molecule has 192 valence electrons. The van der Waals surface area contributed by atoms with Gasteiger partial charge in [0.1, 0.15) is 6.61 Å². The second-order valence-electron chi connectivity index (χ2n) is 7.59. The Balaban J connectivity index is 1.70. The van der Waals surface area contributed by atoms with Crippen LogP contribution in [-0.4, -0.2) is 49.9 Å². The minimum Gasteiger partial charge on any atom is -0.490 e. The SMILES string of the molecule is CCOc1cc([C@@H]2NC(=O)NC(C)=C2C(=O)OC)ccc1OC[C@H](O)N/N=C\c1ccc(Cl)c(Cl)c1. The molecule has 10 nitrogen and oxygen atoms in total. The summed E-state index contributed by atoms with van der Waals surface area (Å²) in [7, 11) is 1.27. The van der Waals surface area contributed by atoms with Crippen molar-refractivity contribution < 1.29 is 28.9 Å². The van der Waals surface area contributed by atoms with E-state index in [1.165, 1.54) is 13.3 Å². The molecule has 0 unspecified atom stereocenters. The number of rotatable bonds is 10. The second kappa shape index (κ2) is 12.5. The van der Waals surface area contributed by atoms with Gasteiger partial charge in [-0.25, -0.2) is 9.59 Å². The van der Waals surface area contributed by atoms with E-state index in [9.17, 15) is 14.7 Å². The highest BCUT2D eigenvalue weighted by Gasteiger charge is 2.32. The minimum absolute atomic E-state index is 0.144. The van der Waals surface area contributed by atoms with Crippen LogP contribution in [0.1, 0.15) is 31.0 Å². The largest absolute Gasteiger partial charge is 0.490 e. The Morgan fingerprint density at radius 1 is 1.19 bits per heavy atom. The fourth-order valence-corrected chi connectivity index (χ4v) is 3.72. The predicted octanol–water partition coefficient (Wildman–Crippen LogP) is 3.51. The molecule has 0 aliphatic carbocycles. The third kappa shape index (κ3) is 6.81. The number of carbonyl (C=O) groups excluding carboxylic acids is 2. The molecule has 4 N–H and O–H groups in total. The van der Waals surface area contributed by atoms with Crippen molar-refractivity contribution in [2.75, 3.05) is 20.3 Å². The Labute approximate surface area is 218 Å². The fourth-order valence-electron chi connectivity index (χ4n) is 3.41. The summed E-state index contributed by atoms with van der Waals surface area (Å²) >= 11 is 11.9. The van der Waals surface area contributed by atoms with Gasteiger partial charge in [0.15, 0.2) is 17.7 Å². The summed E-state index contributed by atoms with van der Waals surface area (Å²) in [6.07, 6.45) is 0.353. The number of carbonyl (C=O) groups is 2. The number of hydrazone groups is 1. The summed E-state index contributed by atoms with van der Waals surface area (Å²) in [6, 6.07) is 8.79. The van der Waals surface area contributed by atoms with Gasteiger partial charge in [-0.15, -0.1) is 0 Å². The van der Waals surface area contributed by atoms with Crippen molar-refractivity contribution in [3.8, 4) is 11.5 Å². The maximum absolute atomic E-state index is 12.3. The predicted molar refractivity (Wildman–Crippen MR) is 135 cm³/mol. The van der Waals surface area contributed by atoms with Crippen LogP contribution in [0.25, 0.3) is 0 Å². The third-order valence-corrected chi connectivity index (χ3v) is 5.79. The van der Waals surface area contributed by atoms with Crippen molar-refractivity contribution in [2.24, 2.45) is 5.10 Å². The third-order valence-electron chi connectivity index (χ3n) is 5.05. The molecule has 1 aliphatic heterocycles. The molecule has 0 saturated carbocycles. The van der Waals surface area contributed by atoms with Crippen molar-refractivity contribution >= 4 is 41.4 Å². The maximum Gasteiger partial charge on any atom is 0.337 e. The number of aliphatic hydroxyl groups excluding tert-OH is 1. The number of aliphatic hydroxyl groups is 1. The average molecular weight is 537 g/mol. The molecule has 36 heavy (non-hydrogen) atoms. The molecule has 2 amide bonds. The van der Waals surface area contributed by atoms with Gasteiger partial charge < -0.3 is 30.0 Å². The first-order valence-corrected chi connectivity index (χ1v) is 11.7. The zero-order chi connectivity index (χ0) is 26.2. The van der Waals surface area contributed by atoms with Crippen LogP contribution in [0.5, 0.6) is 11.5 Å². The molecule has 0 spiro atoms. The van der Waals surface area contributed by atoms with E-state index in [4.69, 9.17) is 37.4 Å². The lowest BCUT2D eigenvalue weighted by Gasteiger charge is -2.28. The van der Waals surface area contributed by atoms with E-state index in [1.807, 2.05) is 0 Å². The normalized spacial score (nSPS) is 16.3. The highest BCUT2D eigenvalue weighted by Crippen LogP contribution is 2.35. The van der Waals surface area contributed by atoms with E-state index in [2.05, 4.69) is 21.2 Å². The number of hydrogen-bond donors (Lipinski definition) is 4. The lowest BCUT2D eigenvalue weighted by atomic mass is 9.95. The van der Waals surface area contributed by atoms with Crippen molar-refractivity contribution in [3.63, 3.8) is 0 Å². The highest BCUT2D eigenvalue weighted by molar-refractivity contribution is 6.42. The Hall–Kier alpha value is -3.47. The summed E-state index contributed by atoms with van der Waals surface area (Å²) in [4.78, 5) is 24.4. The molecule has 2 aromatic rings. The van der Waals surface area contributed by atoms with Crippen LogP contribution < -0.4 is 25.5 Å². The number of halogens is 2. The number of amides is 2. The summed E-state index contributed by atoms with van der Waals surface area (Å²) in [6.45, 7) is 3.62. The van der Waals surface area contributed by atoms with Gasteiger partial charge in [0.25, 0.3) is 0 Å². The Morgan fingerprint density at radius 3 is 2.67 bits per heavy atom. The minimum atomic E-state index is -1.13. The van der Waals surface area contributed by atoms with Crippen LogP contribution in [-0.2, 0) is 9.53 Å². The molecule has 0 fully saturated rings. The zero-order valence-corrected chi connectivity index (χ0v) is 21.3. The topological polar surface area (TPSA) is 131 Å². The van der Waals surface area contributed by atoms with Gasteiger partial charge in [0, 0.05) is 5.70 Å². The number of hydrogen-bond acceptors (Lipinski definition) is 8. The van der Waals surface area contributed by atoms with E-state index in [-0.39, 0.29) is 12.2 Å². The molecule has 0 radical (unpaired) electrons. The summed E-state index contributed by atoms with van der Waals surface area (Å²) in [5.74, 6) is 0.158. The van der Waals surface area contributed by atoms with Gasteiger partial charge in [-0.2, -0.15) is 5.10 Å². The first-order valence-electron chi connectivity index (χ1n) is 10.9. The number of nitrogens with zero attached hydrogens (tertiary/aromatic N) is 1. The molecule has 2 atom stereocenters. The number of methoxy groups -OCH3 is 1. The molecule has 0 saturated heterocycles. The van der Waals surface area contributed by atoms with Crippen LogP contribution in [0.3, 0.4) is 0 Å². The summed E-state index contributed by atoms with van der Waals surface area (Å²) < 4.78 is 16.3. The van der Waals surface area contributed by atoms with Gasteiger partial charge >= 0.3 is 12.0 Å². The van der Waals surface area contributed by atoms with Crippen molar-refractivity contribution in [2.45, 2.75) is 26.1 Å². The smallest absolute Gasteiger partial charge is 0.337 e. The van der Waals surface area contributed by atoms with Gasteiger partial charge in [0.05, 0.1) is 41.6 Å². The van der Waals surface area contributed by atoms with Crippen LogP contribution >= 0.6 is 23.2 Å². The first kappa shape index (κ1) is 27.1.